The minimum atomic E-state index is -0.342. The number of anilines is 1. The molecule has 7 nitrogen and oxygen atoms in total. The third-order valence-electron chi connectivity index (χ3n) is 5.17. The van der Waals surface area contributed by atoms with Crippen molar-refractivity contribution < 1.29 is 9.53 Å². The van der Waals surface area contributed by atoms with Crippen molar-refractivity contribution in [2.75, 3.05) is 12.4 Å². The van der Waals surface area contributed by atoms with Crippen LogP contribution < -0.4 is 10.1 Å². The number of rotatable bonds is 4. The van der Waals surface area contributed by atoms with Gasteiger partial charge in [0, 0.05) is 5.56 Å². The van der Waals surface area contributed by atoms with Crippen molar-refractivity contribution >= 4 is 33.9 Å². The van der Waals surface area contributed by atoms with Crippen LogP contribution in [0.4, 0.5) is 5.82 Å². The van der Waals surface area contributed by atoms with E-state index >= 15 is 0 Å². The van der Waals surface area contributed by atoms with Gasteiger partial charge in [-0.2, -0.15) is 5.26 Å². The summed E-state index contributed by atoms with van der Waals surface area (Å²) in [4.78, 5) is 22.5. The number of carbonyl (C=O) groups is 1. The monoisotopic (exact) mass is 419 g/mol. The molecule has 0 radical (unpaired) electrons. The second-order valence-electron chi connectivity index (χ2n) is 7.05. The number of hydrogen-bond donors (Lipinski definition) is 1. The summed E-state index contributed by atoms with van der Waals surface area (Å²) in [5.74, 6) is 0.515. The number of nitriles is 1. The third-order valence-corrected chi connectivity index (χ3v) is 5.17. The molecule has 7 heteroatoms. The van der Waals surface area contributed by atoms with Crippen LogP contribution >= 0.6 is 0 Å². The molecule has 0 saturated carbocycles. The number of amides is 1. The smallest absolute Gasteiger partial charge is 0.256 e. The normalized spacial score (nSPS) is 10.8. The molecule has 3 aromatic carbocycles. The zero-order valence-electron chi connectivity index (χ0n) is 17.1. The lowest BCUT2D eigenvalue weighted by molar-refractivity contribution is 0.102. The molecule has 0 bridgehead atoms. The van der Waals surface area contributed by atoms with E-state index in [4.69, 9.17) is 14.7 Å². The minimum Gasteiger partial charge on any atom is -0.495 e. The number of benzene rings is 3. The van der Waals surface area contributed by atoms with E-state index in [1.807, 2.05) is 54.6 Å². The summed E-state index contributed by atoms with van der Waals surface area (Å²) < 4.78 is 7.27. The highest BCUT2D eigenvalue weighted by Crippen LogP contribution is 2.35. The molecule has 0 atom stereocenters. The number of fused-ring (bicyclic) bond motifs is 2. The number of ether oxygens (including phenoxy) is 1. The van der Waals surface area contributed by atoms with Gasteiger partial charge >= 0.3 is 0 Å². The van der Waals surface area contributed by atoms with Crippen molar-refractivity contribution in [1.82, 2.24) is 14.5 Å². The molecule has 2 heterocycles. The molecule has 32 heavy (non-hydrogen) atoms. The highest BCUT2D eigenvalue weighted by atomic mass is 16.5. The van der Waals surface area contributed by atoms with Crippen molar-refractivity contribution in [1.29, 1.82) is 5.26 Å². The molecule has 5 rings (SSSR count). The number of nitrogens with one attached hydrogen (secondary N) is 1. The summed E-state index contributed by atoms with van der Waals surface area (Å²) in [6.45, 7) is 0. The largest absolute Gasteiger partial charge is 0.495 e. The minimum absolute atomic E-state index is 0.230. The SMILES string of the molecule is COc1ccccc1-n1c(NC(=O)c2ccccc2)c(C#N)c2nc3ccccc3nc21. The second kappa shape index (κ2) is 7.85. The number of methoxy groups -OCH3 is 1. The van der Waals surface area contributed by atoms with Crippen LogP contribution in [-0.4, -0.2) is 27.6 Å². The predicted molar refractivity (Wildman–Crippen MR) is 122 cm³/mol. The lowest BCUT2D eigenvalue weighted by Gasteiger charge is -2.14. The Kier molecular flexibility index (Phi) is 4.73. The van der Waals surface area contributed by atoms with E-state index < -0.39 is 0 Å². The van der Waals surface area contributed by atoms with Crippen LogP contribution in [0.5, 0.6) is 5.75 Å². The Bertz CT molecular complexity index is 1520. The summed E-state index contributed by atoms with van der Waals surface area (Å²) >= 11 is 0. The van der Waals surface area contributed by atoms with Crippen LogP contribution in [0, 0.1) is 11.3 Å². The van der Waals surface area contributed by atoms with Gasteiger partial charge in [0.15, 0.2) is 5.65 Å². The van der Waals surface area contributed by atoms with Crippen molar-refractivity contribution in [3.63, 3.8) is 0 Å². The van der Waals surface area contributed by atoms with Gasteiger partial charge in [-0.05, 0) is 36.4 Å². The van der Waals surface area contributed by atoms with Gasteiger partial charge in [-0.3, -0.25) is 9.36 Å². The molecule has 154 valence electrons. The molecule has 0 unspecified atom stereocenters. The number of hydrogen-bond acceptors (Lipinski definition) is 5. The zero-order valence-corrected chi connectivity index (χ0v) is 17.1. The van der Waals surface area contributed by atoms with E-state index in [0.29, 0.717) is 39.2 Å². The van der Waals surface area contributed by atoms with Gasteiger partial charge < -0.3 is 10.1 Å². The Morgan fingerprint density at radius 2 is 1.59 bits per heavy atom. The zero-order chi connectivity index (χ0) is 22.1. The van der Waals surface area contributed by atoms with Gasteiger partial charge in [0.05, 0.1) is 23.8 Å². The van der Waals surface area contributed by atoms with E-state index in [1.165, 1.54) is 0 Å². The summed E-state index contributed by atoms with van der Waals surface area (Å²) in [6.07, 6.45) is 0. The number of nitrogens with zero attached hydrogens (tertiary/aromatic N) is 4. The fourth-order valence-corrected chi connectivity index (χ4v) is 3.69. The molecule has 5 aromatic rings. The lowest BCUT2D eigenvalue weighted by Crippen LogP contribution is -2.16. The van der Waals surface area contributed by atoms with Crippen molar-refractivity contribution in [2.24, 2.45) is 0 Å². The highest BCUT2D eigenvalue weighted by Gasteiger charge is 2.25. The summed E-state index contributed by atoms with van der Waals surface area (Å²) in [7, 11) is 1.57. The van der Waals surface area contributed by atoms with Gasteiger partial charge in [-0.1, -0.05) is 42.5 Å². The van der Waals surface area contributed by atoms with E-state index in [1.54, 1.807) is 35.9 Å². The van der Waals surface area contributed by atoms with E-state index in [2.05, 4.69) is 11.4 Å². The molecule has 1 N–H and O–H groups in total. The number of aromatic nitrogens is 3. The first-order valence-corrected chi connectivity index (χ1v) is 9.92. The van der Waals surface area contributed by atoms with E-state index in [-0.39, 0.29) is 17.3 Å². The highest BCUT2D eigenvalue weighted by molar-refractivity contribution is 6.07. The molecular formula is C25H17N5O2. The summed E-state index contributed by atoms with van der Waals surface area (Å²) in [6, 6.07) is 25.8. The Morgan fingerprint density at radius 3 is 2.31 bits per heavy atom. The first-order valence-electron chi connectivity index (χ1n) is 9.92. The fraction of sp³-hybridized carbons (Fsp3) is 0.0400. The lowest BCUT2D eigenvalue weighted by atomic mass is 10.2. The topological polar surface area (TPSA) is 92.8 Å². The third kappa shape index (κ3) is 3.11. The first kappa shape index (κ1) is 19.3. The van der Waals surface area contributed by atoms with Crippen molar-refractivity contribution in [3.8, 4) is 17.5 Å². The molecular weight excluding hydrogens is 402 g/mol. The molecule has 0 spiro atoms. The Balaban J connectivity index is 1.83. The van der Waals surface area contributed by atoms with E-state index in [0.717, 1.165) is 0 Å². The molecule has 1 amide bonds. The Labute approximate surface area is 183 Å². The van der Waals surface area contributed by atoms with Crippen molar-refractivity contribution in [2.45, 2.75) is 0 Å². The average Bonchev–Trinajstić information content (AvgIpc) is 3.14. The summed E-state index contributed by atoms with van der Waals surface area (Å²) in [5, 5.41) is 13.0. The van der Waals surface area contributed by atoms with Crippen LogP contribution in [0.1, 0.15) is 15.9 Å². The van der Waals surface area contributed by atoms with Crippen LogP contribution in [0.3, 0.4) is 0 Å². The molecule has 0 aliphatic rings. The maximum Gasteiger partial charge on any atom is 0.256 e. The van der Waals surface area contributed by atoms with Crippen LogP contribution in [0.2, 0.25) is 0 Å². The number of carbonyl (C=O) groups excluding carboxylic acids is 1. The van der Waals surface area contributed by atoms with E-state index in [9.17, 15) is 10.1 Å². The molecule has 2 aromatic heterocycles. The maximum absolute atomic E-state index is 13.0. The van der Waals surface area contributed by atoms with Gasteiger partial charge in [-0.15, -0.1) is 0 Å². The standard InChI is InChI=1S/C25H17N5O2/c1-32-21-14-8-7-13-20(21)30-23(29-25(31)16-9-3-2-4-10-16)17(15-26)22-24(30)28-19-12-6-5-11-18(19)27-22/h2-14H,1H3,(H,29,31). The average molecular weight is 419 g/mol. The Morgan fingerprint density at radius 1 is 0.938 bits per heavy atom. The maximum atomic E-state index is 13.0. The molecule has 0 aliphatic heterocycles. The fourth-order valence-electron chi connectivity index (χ4n) is 3.69. The van der Waals surface area contributed by atoms with Gasteiger partial charge in [0.1, 0.15) is 28.7 Å². The quantitative estimate of drug-likeness (QED) is 0.456. The van der Waals surface area contributed by atoms with Crippen LogP contribution in [0.15, 0.2) is 78.9 Å². The van der Waals surface area contributed by atoms with Crippen molar-refractivity contribution in [3.05, 3.63) is 90.0 Å². The second-order valence-corrected chi connectivity index (χ2v) is 7.05. The van der Waals surface area contributed by atoms with Crippen LogP contribution in [0.25, 0.3) is 27.9 Å². The molecule has 0 saturated heterocycles. The van der Waals surface area contributed by atoms with Crippen LogP contribution in [-0.2, 0) is 0 Å². The summed E-state index contributed by atoms with van der Waals surface area (Å²) in [5.41, 5.74) is 3.53. The van der Waals surface area contributed by atoms with Gasteiger partial charge in [0.25, 0.3) is 5.91 Å². The van der Waals surface area contributed by atoms with Gasteiger partial charge in [0.2, 0.25) is 0 Å². The molecule has 0 fully saturated rings. The Hall–Kier alpha value is -4.70. The number of para-hydroxylation sites is 4. The molecule has 0 aliphatic carbocycles. The van der Waals surface area contributed by atoms with Gasteiger partial charge in [-0.25, -0.2) is 9.97 Å². The first-order chi connectivity index (χ1) is 15.7. The predicted octanol–water partition coefficient (Wildman–Crippen LogP) is 4.71.